The minimum absolute atomic E-state index is 0.0918. The molecule has 0 aliphatic rings. The summed E-state index contributed by atoms with van der Waals surface area (Å²) in [6, 6.07) is 0. The number of carbonyl (C=O) groups excluding carboxylic acids is 2. The van der Waals surface area contributed by atoms with Crippen LogP contribution in [0.2, 0.25) is 0 Å². The monoisotopic (exact) mass is 145 g/mol. The van der Waals surface area contributed by atoms with Crippen molar-refractivity contribution < 1.29 is 19.4 Å². The zero-order valence-corrected chi connectivity index (χ0v) is 5.33. The topological polar surface area (TPSA) is 89.6 Å². The van der Waals surface area contributed by atoms with Crippen LogP contribution in [-0.4, -0.2) is 17.5 Å². The van der Waals surface area contributed by atoms with Gasteiger partial charge in [0, 0.05) is 0 Å². The molecule has 0 spiro atoms. The molecule has 0 saturated carbocycles. The van der Waals surface area contributed by atoms with E-state index in [9.17, 15) is 9.59 Å². The van der Waals surface area contributed by atoms with Gasteiger partial charge in [-0.25, -0.2) is 0 Å². The van der Waals surface area contributed by atoms with E-state index >= 15 is 0 Å². The number of amides is 1. The molecule has 0 aromatic heterocycles. The van der Waals surface area contributed by atoms with Crippen molar-refractivity contribution in [3.63, 3.8) is 0 Å². The van der Waals surface area contributed by atoms with Crippen LogP contribution in [0.4, 0.5) is 0 Å². The number of primary amides is 1. The van der Waals surface area contributed by atoms with Crippen LogP contribution in [0.15, 0.2) is 11.5 Å². The van der Waals surface area contributed by atoms with Crippen LogP contribution < -0.4 is 5.73 Å². The molecule has 3 N–H and O–H groups in total. The second kappa shape index (κ2) is 3.49. The molecule has 0 heterocycles. The summed E-state index contributed by atoms with van der Waals surface area (Å²) < 4.78 is 4.11. The van der Waals surface area contributed by atoms with Gasteiger partial charge in [-0.2, -0.15) is 0 Å². The highest BCUT2D eigenvalue weighted by Gasteiger charge is 2.06. The number of allylic oxidation sites excluding steroid dienone is 1. The average molecular weight is 145 g/mol. The van der Waals surface area contributed by atoms with Crippen LogP contribution >= 0.6 is 0 Å². The lowest BCUT2D eigenvalue weighted by Gasteiger charge is -1.97. The Bertz CT molecular complexity index is 184. The largest absolute Gasteiger partial charge is 0.501 e. The maximum atomic E-state index is 10.1. The smallest absolute Gasteiger partial charge is 0.298 e. The van der Waals surface area contributed by atoms with Gasteiger partial charge in [-0.3, -0.25) is 9.59 Å². The van der Waals surface area contributed by atoms with E-state index in [0.29, 0.717) is 0 Å². The van der Waals surface area contributed by atoms with Gasteiger partial charge in [-0.05, 0) is 6.92 Å². The molecular formula is C5H7NO4. The molecule has 0 atom stereocenters. The third-order valence-corrected chi connectivity index (χ3v) is 0.792. The first-order valence-corrected chi connectivity index (χ1v) is 2.39. The summed E-state index contributed by atoms with van der Waals surface area (Å²) in [6.07, 6.45) is 0. The Morgan fingerprint density at radius 2 is 2.20 bits per heavy atom. The van der Waals surface area contributed by atoms with Crippen LogP contribution in [0.1, 0.15) is 6.92 Å². The maximum Gasteiger partial charge on any atom is 0.298 e. The summed E-state index contributed by atoms with van der Waals surface area (Å²) in [5, 5.41) is 8.65. The van der Waals surface area contributed by atoms with Crippen LogP contribution in [0.25, 0.3) is 0 Å². The molecule has 5 nitrogen and oxygen atoms in total. The van der Waals surface area contributed by atoms with E-state index < -0.39 is 11.7 Å². The summed E-state index contributed by atoms with van der Waals surface area (Å²) >= 11 is 0. The molecule has 1 amide bonds. The second-order valence-electron chi connectivity index (χ2n) is 1.48. The van der Waals surface area contributed by atoms with Gasteiger partial charge in [0.2, 0.25) is 5.76 Å². The van der Waals surface area contributed by atoms with Crippen LogP contribution in [0.5, 0.6) is 0 Å². The molecule has 56 valence electrons. The van der Waals surface area contributed by atoms with Gasteiger partial charge >= 0.3 is 0 Å². The highest BCUT2D eigenvalue weighted by molar-refractivity contribution is 5.89. The molecule has 0 aromatic rings. The second-order valence-corrected chi connectivity index (χ2v) is 1.48. The van der Waals surface area contributed by atoms with E-state index in [0.717, 1.165) is 0 Å². The van der Waals surface area contributed by atoms with E-state index in [2.05, 4.69) is 10.5 Å². The van der Waals surface area contributed by atoms with Crippen LogP contribution in [-0.2, 0) is 14.3 Å². The van der Waals surface area contributed by atoms with Gasteiger partial charge in [-0.15, -0.1) is 0 Å². The zero-order chi connectivity index (χ0) is 8.15. The first-order valence-electron chi connectivity index (χ1n) is 2.39. The third-order valence-electron chi connectivity index (χ3n) is 0.792. The van der Waals surface area contributed by atoms with Crippen molar-refractivity contribution in [2.75, 3.05) is 0 Å². The number of ether oxygens (including phenoxy) is 1. The van der Waals surface area contributed by atoms with Gasteiger partial charge in [-0.1, -0.05) is 0 Å². The number of aliphatic hydroxyl groups is 1. The van der Waals surface area contributed by atoms with Gasteiger partial charge in [0.05, 0.1) is 0 Å². The van der Waals surface area contributed by atoms with Crippen molar-refractivity contribution in [3.8, 4) is 0 Å². The molecule has 0 saturated heterocycles. The third kappa shape index (κ3) is 2.17. The summed E-state index contributed by atoms with van der Waals surface area (Å²) in [5.74, 6) is -1.98. The SMILES string of the molecule is C/C(OC=O)=C(\O)C(N)=O. The lowest BCUT2D eigenvalue weighted by molar-refractivity contribution is -0.125. The Morgan fingerprint density at radius 1 is 1.70 bits per heavy atom. The first-order chi connectivity index (χ1) is 4.59. The maximum absolute atomic E-state index is 10.1. The molecule has 0 radical (unpaired) electrons. The van der Waals surface area contributed by atoms with Crippen molar-refractivity contribution in [1.29, 1.82) is 0 Å². The van der Waals surface area contributed by atoms with Gasteiger partial charge in [0.25, 0.3) is 12.4 Å². The van der Waals surface area contributed by atoms with Crippen molar-refractivity contribution in [2.45, 2.75) is 6.92 Å². The lowest BCUT2D eigenvalue weighted by Crippen LogP contribution is -2.15. The minimum Gasteiger partial charge on any atom is -0.501 e. The van der Waals surface area contributed by atoms with Crippen molar-refractivity contribution >= 4 is 12.4 Å². The Hall–Kier alpha value is -1.52. The van der Waals surface area contributed by atoms with Crippen LogP contribution in [0, 0.1) is 0 Å². The molecule has 5 heteroatoms. The zero-order valence-electron chi connectivity index (χ0n) is 5.33. The molecular weight excluding hydrogens is 138 g/mol. The Kier molecular flexibility index (Phi) is 2.96. The normalized spacial score (nSPS) is 11.7. The molecule has 0 unspecified atom stereocenters. The number of nitrogens with two attached hydrogens (primary N) is 1. The predicted molar refractivity (Wildman–Crippen MR) is 31.7 cm³/mol. The molecule has 0 fully saturated rings. The van der Waals surface area contributed by atoms with Gasteiger partial charge in [0.15, 0.2) is 5.76 Å². The number of hydrogen-bond acceptors (Lipinski definition) is 4. The van der Waals surface area contributed by atoms with Crippen molar-refractivity contribution in [2.24, 2.45) is 5.73 Å². The van der Waals surface area contributed by atoms with E-state index in [-0.39, 0.29) is 12.2 Å². The fraction of sp³-hybridized carbons (Fsp3) is 0.200. The molecule has 0 bridgehead atoms. The minimum atomic E-state index is -1.03. The highest BCUT2D eigenvalue weighted by atomic mass is 16.5. The van der Waals surface area contributed by atoms with Crippen LogP contribution in [0.3, 0.4) is 0 Å². The van der Waals surface area contributed by atoms with E-state index in [1.54, 1.807) is 0 Å². The Labute approximate surface area is 57.1 Å². The number of rotatable bonds is 3. The lowest BCUT2D eigenvalue weighted by atomic mass is 10.4. The quantitative estimate of drug-likeness (QED) is 0.316. The number of hydrogen-bond donors (Lipinski definition) is 2. The Morgan fingerprint density at radius 3 is 2.50 bits per heavy atom. The summed E-state index contributed by atoms with van der Waals surface area (Å²) in [7, 11) is 0. The number of carbonyl (C=O) groups is 2. The number of aliphatic hydroxyl groups excluding tert-OH is 1. The van der Waals surface area contributed by atoms with Crippen molar-refractivity contribution in [3.05, 3.63) is 11.5 Å². The predicted octanol–water partition coefficient (Wildman–Crippen LogP) is -0.566. The highest BCUT2D eigenvalue weighted by Crippen LogP contribution is 1.98. The summed E-state index contributed by atoms with van der Waals surface area (Å²) in [6.45, 7) is 1.34. The first kappa shape index (κ1) is 8.48. The average Bonchev–Trinajstić information content (AvgIpc) is 1.87. The molecule has 0 aromatic carbocycles. The van der Waals surface area contributed by atoms with E-state index in [4.69, 9.17) is 5.11 Å². The molecule has 0 rings (SSSR count). The fourth-order valence-corrected chi connectivity index (χ4v) is 0.301. The standard InChI is InChI=1S/C5H7NO4/c1-3(10-2-7)4(8)5(6)9/h2,8H,1H3,(H2,6,9)/b4-3+. The fourth-order valence-electron chi connectivity index (χ4n) is 0.301. The van der Waals surface area contributed by atoms with Gasteiger partial charge in [0.1, 0.15) is 0 Å². The summed E-state index contributed by atoms with van der Waals surface area (Å²) in [5.41, 5.74) is 4.62. The van der Waals surface area contributed by atoms with E-state index in [1.165, 1.54) is 6.92 Å². The molecule has 0 aliphatic heterocycles. The molecule has 0 aliphatic carbocycles. The summed E-state index contributed by atoms with van der Waals surface area (Å²) in [4.78, 5) is 19.8. The van der Waals surface area contributed by atoms with Gasteiger partial charge < -0.3 is 15.6 Å². The Balaban J connectivity index is 4.33. The van der Waals surface area contributed by atoms with E-state index in [1.807, 2.05) is 0 Å². The molecule has 10 heavy (non-hydrogen) atoms. The van der Waals surface area contributed by atoms with Crippen molar-refractivity contribution in [1.82, 2.24) is 0 Å².